The number of likely N-dealkylation sites (tertiary alicyclic amines) is 1. The number of nitro benzene ring substituents is 1. The standard InChI is InChI=1S/C13H18FN3O2/c1-15(2)11-5-6-16(9-11)8-10-3-4-13(17(18)19)12(14)7-10/h3-4,7,11H,5-6,8-9H2,1-2H3. The van der Waals surface area contributed by atoms with E-state index in [9.17, 15) is 14.5 Å². The van der Waals surface area contributed by atoms with E-state index >= 15 is 0 Å². The van der Waals surface area contributed by atoms with Gasteiger partial charge in [-0.1, -0.05) is 6.07 Å². The number of rotatable bonds is 4. The minimum absolute atomic E-state index is 0.462. The second-order valence-electron chi connectivity index (χ2n) is 5.18. The first kappa shape index (κ1) is 13.9. The molecule has 1 saturated heterocycles. The lowest BCUT2D eigenvalue weighted by Gasteiger charge is -2.20. The smallest absolute Gasteiger partial charge is 0.304 e. The van der Waals surface area contributed by atoms with Crippen molar-refractivity contribution in [2.24, 2.45) is 0 Å². The topological polar surface area (TPSA) is 49.6 Å². The summed E-state index contributed by atoms with van der Waals surface area (Å²) in [6.07, 6.45) is 1.10. The predicted molar refractivity (Wildman–Crippen MR) is 70.4 cm³/mol. The highest BCUT2D eigenvalue weighted by Crippen LogP contribution is 2.21. The van der Waals surface area contributed by atoms with Crippen molar-refractivity contribution >= 4 is 5.69 Å². The number of nitro groups is 1. The van der Waals surface area contributed by atoms with Crippen LogP contribution in [0.3, 0.4) is 0 Å². The highest BCUT2D eigenvalue weighted by atomic mass is 19.1. The number of hydrogen-bond acceptors (Lipinski definition) is 4. The van der Waals surface area contributed by atoms with Crippen LogP contribution < -0.4 is 0 Å². The van der Waals surface area contributed by atoms with E-state index in [2.05, 4.69) is 23.9 Å². The van der Waals surface area contributed by atoms with Gasteiger partial charge in [0.1, 0.15) is 0 Å². The Morgan fingerprint density at radius 1 is 1.53 bits per heavy atom. The van der Waals surface area contributed by atoms with Crippen LogP contribution in [0.25, 0.3) is 0 Å². The van der Waals surface area contributed by atoms with Crippen LogP contribution in [-0.2, 0) is 6.54 Å². The van der Waals surface area contributed by atoms with Gasteiger partial charge in [0, 0.05) is 31.7 Å². The molecule has 1 aromatic rings. The van der Waals surface area contributed by atoms with Crippen LogP contribution in [0.15, 0.2) is 18.2 Å². The second-order valence-corrected chi connectivity index (χ2v) is 5.18. The molecule has 1 aliphatic rings. The van der Waals surface area contributed by atoms with E-state index in [-0.39, 0.29) is 0 Å². The molecule has 1 heterocycles. The average molecular weight is 267 g/mol. The van der Waals surface area contributed by atoms with Gasteiger partial charge in [-0.05, 0) is 32.1 Å². The Bertz CT molecular complexity index is 479. The molecule has 1 atom stereocenters. The van der Waals surface area contributed by atoms with Crippen LogP contribution in [0.2, 0.25) is 0 Å². The molecule has 0 aromatic heterocycles. The number of halogens is 1. The highest BCUT2D eigenvalue weighted by Gasteiger charge is 2.24. The number of nitrogens with zero attached hydrogens (tertiary/aromatic N) is 3. The Morgan fingerprint density at radius 3 is 2.79 bits per heavy atom. The van der Waals surface area contributed by atoms with Gasteiger partial charge in [-0.2, -0.15) is 4.39 Å². The molecule has 2 rings (SSSR count). The van der Waals surface area contributed by atoms with Gasteiger partial charge in [-0.3, -0.25) is 15.0 Å². The molecule has 104 valence electrons. The molecule has 0 radical (unpaired) electrons. The maximum atomic E-state index is 13.5. The van der Waals surface area contributed by atoms with Gasteiger partial charge in [-0.15, -0.1) is 0 Å². The predicted octanol–water partition coefficient (Wildman–Crippen LogP) is 1.87. The molecule has 0 saturated carbocycles. The van der Waals surface area contributed by atoms with Crippen molar-refractivity contribution in [3.8, 4) is 0 Å². The summed E-state index contributed by atoms with van der Waals surface area (Å²) in [4.78, 5) is 14.3. The van der Waals surface area contributed by atoms with Gasteiger partial charge in [0.15, 0.2) is 0 Å². The lowest BCUT2D eigenvalue weighted by atomic mass is 10.2. The minimum Gasteiger partial charge on any atom is -0.305 e. The van der Waals surface area contributed by atoms with E-state index in [1.165, 1.54) is 12.1 Å². The quantitative estimate of drug-likeness (QED) is 0.617. The molecule has 6 heteroatoms. The maximum absolute atomic E-state index is 13.5. The molecule has 0 bridgehead atoms. The Labute approximate surface area is 111 Å². The Balaban J connectivity index is 2.01. The molecule has 19 heavy (non-hydrogen) atoms. The molecular formula is C13H18FN3O2. The molecule has 1 unspecified atom stereocenters. The summed E-state index contributed by atoms with van der Waals surface area (Å²) in [7, 11) is 4.11. The van der Waals surface area contributed by atoms with Crippen molar-refractivity contribution in [2.75, 3.05) is 27.2 Å². The SMILES string of the molecule is CN(C)C1CCN(Cc2ccc([N+](=O)[O-])c(F)c2)C1. The normalized spacial score (nSPS) is 20.1. The van der Waals surface area contributed by atoms with Crippen molar-refractivity contribution in [2.45, 2.75) is 19.0 Å². The molecule has 0 aliphatic carbocycles. The third-order valence-corrected chi connectivity index (χ3v) is 3.59. The first-order chi connectivity index (χ1) is 8.97. The van der Waals surface area contributed by atoms with Crippen LogP contribution in [-0.4, -0.2) is 47.9 Å². The van der Waals surface area contributed by atoms with Crippen LogP contribution >= 0.6 is 0 Å². The molecule has 0 amide bonds. The van der Waals surface area contributed by atoms with Crippen molar-refractivity contribution in [3.05, 3.63) is 39.7 Å². The van der Waals surface area contributed by atoms with E-state index in [0.717, 1.165) is 25.1 Å². The highest BCUT2D eigenvalue weighted by molar-refractivity contribution is 5.35. The van der Waals surface area contributed by atoms with Crippen LogP contribution in [0.5, 0.6) is 0 Å². The summed E-state index contributed by atoms with van der Waals surface area (Å²) < 4.78 is 13.5. The minimum atomic E-state index is -0.758. The fourth-order valence-electron chi connectivity index (χ4n) is 2.43. The van der Waals surface area contributed by atoms with Gasteiger partial charge in [0.2, 0.25) is 5.82 Å². The first-order valence-electron chi connectivity index (χ1n) is 6.29. The molecule has 0 spiro atoms. The average Bonchev–Trinajstić information content (AvgIpc) is 2.77. The van der Waals surface area contributed by atoms with E-state index in [0.29, 0.717) is 12.6 Å². The molecule has 1 aromatic carbocycles. The summed E-state index contributed by atoms with van der Waals surface area (Å²) in [6.45, 7) is 2.56. The fourth-order valence-corrected chi connectivity index (χ4v) is 2.43. The number of likely N-dealkylation sites (N-methyl/N-ethyl adjacent to an activating group) is 1. The Hall–Kier alpha value is -1.53. The van der Waals surface area contributed by atoms with Gasteiger partial charge in [-0.25, -0.2) is 0 Å². The zero-order chi connectivity index (χ0) is 14.0. The van der Waals surface area contributed by atoms with E-state index in [1.807, 2.05) is 0 Å². The van der Waals surface area contributed by atoms with Crippen molar-refractivity contribution < 1.29 is 9.31 Å². The lowest BCUT2D eigenvalue weighted by Crippen LogP contribution is -2.31. The molecule has 1 aliphatic heterocycles. The van der Waals surface area contributed by atoms with Crippen molar-refractivity contribution in [1.29, 1.82) is 0 Å². The molecule has 5 nitrogen and oxygen atoms in total. The van der Waals surface area contributed by atoms with Gasteiger partial charge < -0.3 is 4.90 Å². The van der Waals surface area contributed by atoms with Gasteiger partial charge in [0.25, 0.3) is 0 Å². The monoisotopic (exact) mass is 267 g/mol. The first-order valence-corrected chi connectivity index (χ1v) is 6.29. The summed E-state index contributed by atoms with van der Waals surface area (Å²) in [5.74, 6) is -0.758. The second kappa shape index (κ2) is 5.63. The van der Waals surface area contributed by atoms with Gasteiger partial charge >= 0.3 is 5.69 Å². The van der Waals surface area contributed by atoms with E-state index in [4.69, 9.17) is 0 Å². The lowest BCUT2D eigenvalue weighted by molar-refractivity contribution is -0.387. The fraction of sp³-hybridized carbons (Fsp3) is 0.538. The largest absolute Gasteiger partial charge is 0.305 e. The molecule has 1 fully saturated rings. The third kappa shape index (κ3) is 3.27. The van der Waals surface area contributed by atoms with Crippen LogP contribution in [0.4, 0.5) is 10.1 Å². The van der Waals surface area contributed by atoms with Gasteiger partial charge in [0.05, 0.1) is 4.92 Å². The summed E-state index contributed by atoms with van der Waals surface area (Å²) in [5, 5.41) is 10.5. The van der Waals surface area contributed by atoms with Crippen molar-refractivity contribution in [3.63, 3.8) is 0 Å². The maximum Gasteiger partial charge on any atom is 0.304 e. The zero-order valence-corrected chi connectivity index (χ0v) is 11.2. The van der Waals surface area contributed by atoms with E-state index < -0.39 is 16.4 Å². The number of hydrogen-bond donors (Lipinski definition) is 0. The summed E-state index contributed by atoms with van der Waals surface area (Å²) in [6, 6.07) is 4.66. The number of benzene rings is 1. The van der Waals surface area contributed by atoms with Crippen LogP contribution in [0.1, 0.15) is 12.0 Å². The zero-order valence-electron chi connectivity index (χ0n) is 11.2. The Kier molecular flexibility index (Phi) is 4.11. The molecule has 0 N–H and O–H groups in total. The van der Waals surface area contributed by atoms with Crippen LogP contribution in [0, 0.1) is 15.9 Å². The third-order valence-electron chi connectivity index (χ3n) is 3.59. The van der Waals surface area contributed by atoms with Crippen molar-refractivity contribution in [1.82, 2.24) is 9.80 Å². The summed E-state index contributed by atoms with van der Waals surface area (Å²) >= 11 is 0. The van der Waals surface area contributed by atoms with E-state index in [1.54, 1.807) is 6.07 Å². The Morgan fingerprint density at radius 2 is 2.26 bits per heavy atom. The molecular weight excluding hydrogens is 249 g/mol. The summed E-state index contributed by atoms with van der Waals surface area (Å²) in [5.41, 5.74) is 0.318.